The highest BCUT2D eigenvalue weighted by molar-refractivity contribution is 5.38. The molecule has 1 atom stereocenters. The molecule has 0 radical (unpaired) electrons. The highest BCUT2D eigenvalue weighted by Gasteiger charge is 2.23. The topological polar surface area (TPSA) is 30.5 Å². The Bertz CT molecular complexity index is 374. The van der Waals surface area contributed by atoms with E-state index in [0.29, 0.717) is 12.6 Å². The zero-order chi connectivity index (χ0) is 12.3. The predicted octanol–water partition coefficient (Wildman–Crippen LogP) is 2.65. The Hall–Kier alpha value is -1.06. The van der Waals surface area contributed by atoms with Crippen LogP contribution in [0.1, 0.15) is 36.9 Å². The highest BCUT2D eigenvalue weighted by Crippen LogP contribution is 2.27. The van der Waals surface area contributed by atoms with Crippen LogP contribution >= 0.6 is 0 Å². The average molecular weight is 235 g/mol. The molecule has 3 heteroatoms. The van der Waals surface area contributed by atoms with E-state index in [4.69, 9.17) is 9.47 Å². The van der Waals surface area contributed by atoms with Gasteiger partial charge in [-0.1, -0.05) is 6.07 Å². The van der Waals surface area contributed by atoms with Crippen molar-refractivity contribution in [2.24, 2.45) is 0 Å². The van der Waals surface area contributed by atoms with Gasteiger partial charge in [-0.05, 0) is 37.5 Å². The van der Waals surface area contributed by atoms with Crippen LogP contribution in [0.25, 0.3) is 0 Å². The number of ether oxygens (including phenoxy) is 2. The van der Waals surface area contributed by atoms with Crippen LogP contribution in [0.3, 0.4) is 0 Å². The van der Waals surface area contributed by atoms with Crippen molar-refractivity contribution in [3.05, 3.63) is 29.3 Å². The normalized spacial score (nSPS) is 16.9. The van der Waals surface area contributed by atoms with Gasteiger partial charge in [-0.2, -0.15) is 0 Å². The fourth-order valence-corrected chi connectivity index (χ4v) is 2.04. The lowest BCUT2D eigenvalue weighted by molar-refractivity contribution is 0.181. The van der Waals surface area contributed by atoms with Gasteiger partial charge in [0.2, 0.25) is 0 Å². The third kappa shape index (κ3) is 3.20. The van der Waals surface area contributed by atoms with Crippen molar-refractivity contribution in [3.8, 4) is 5.75 Å². The molecule has 1 aliphatic carbocycles. The summed E-state index contributed by atoms with van der Waals surface area (Å²) in [7, 11) is 3.40. The van der Waals surface area contributed by atoms with Gasteiger partial charge in [0.15, 0.2) is 0 Å². The van der Waals surface area contributed by atoms with E-state index in [0.717, 1.165) is 17.4 Å². The molecule has 94 valence electrons. The van der Waals surface area contributed by atoms with Gasteiger partial charge in [0.1, 0.15) is 5.75 Å². The van der Waals surface area contributed by atoms with E-state index in [1.807, 2.05) is 6.07 Å². The molecular formula is C14H21NO2. The lowest BCUT2D eigenvalue weighted by Crippen LogP contribution is -2.20. The Morgan fingerprint density at radius 1 is 1.35 bits per heavy atom. The zero-order valence-corrected chi connectivity index (χ0v) is 10.8. The summed E-state index contributed by atoms with van der Waals surface area (Å²) in [5, 5.41) is 3.60. The molecule has 1 aliphatic rings. The van der Waals surface area contributed by atoms with E-state index in [1.54, 1.807) is 14.2 Å². The summed E-state index contributed by atoms with van der Waals surface area (Å²) in [4.78, 5) is 0. The van der Waals surface area contributed by atoms with Crippen LogP contribution in [0.4, 0.5) is 0 Å². The summed E-state index contributed by atoms with van der Waals surface area (Å²) in [5.74, 6) is 0.897. The first-order valence-electron chi connectivity index (χ1n) is 6.16. The fourth-order valence-electron chi connectivity index (χ4n) is 2.04. The number of rotatable bonds is 6. The van der Waals surface area contributed by atoms with E-state index in [9.17, 15) is 0 Å². The summed E-state index contributed by atoms with van der Waals surface area (Å²) in [6, 6.07) is 7.43. The van der Waals surface area contributed by atoms with Crippen molar-refractivity contribution in [3.63, 3.8) is 0 Å². The largest absolute Gasteiger partial charge is 0.496 e. The minimum Gasteiger partial charge on any atom is -0.496 e. The molecule has 1 aromatic rings. The van der Waals surface area contributed by atoms with Crippen molar-refractivity contribution < 1.29 is 9.47 Å². The van der Waals surface area contributed by atoms with Gasteiger partial charge in [-0.15, -0.1) is 0 Å². The highest BCUT2D eigenvalue weighted by atomic mass is 16.5. The van der Waals surface area contributed by atoms with E-state index >= 15 is 0 Å². The maximum atomic E-state index is 5.33. The molecule has 1 N–H and O–H groups in total. The van der Waals surface area contributed by atoms with E-state index in [2.05, 4.69) is 24.4 Å². The van der Waals surface area contributed by atoms with Crippen LogP contribution in [0.15, 0.2) is 18.2 Å². The lowest BCUT2D eigenvalue weighted by atomic mass is 10.0. The first-order chi connectivity index (χ1) is 8.24. The van der Waals surface area contributed by atoms with Crippen LogP contribution in [0.5, 0.6) is 5.75 Å². The van der Waals surface area contributed by atoms with Gasteiger partial charge >= 0.3 is 0 Å². The number of nitrogens with one attached hydrogen (secondary N) is 1. The van der Waals surface area contributed by atoms with Gasteiger partial charge in [0.05, 0.1) is 13.7 Å². The predicted molar refractivity (Wildman–Crippen MR) is 68.3 cm³/mol. The molecule has 0 bridgehead atoms. The molecule has 2 rings (SSSR count). The van der Waals surface area contributed by atoms with Crippen molar-refractivity contribution in [1.29, 1.82) is 0 Å². The molecule has 0 spiro atoms. The van der Waals surface area contributed by atoms with Crippen LogP contribution in [-0.4, -0.2) is 20.3 Å². The van der Waals surface area contributed by atoms with E-state index < -0.39 is 0 Å². The summed E-state index contributed by atoms with van der Waals surface area (Å²) >= 11 is 0. The Labute approximate surface area is 103 Å². The monoisotopic (exact) mass is 235 g/mol. The molecule has 0 saturated heterocycles. The summed E-state index contributed by atoms with van der Waals surface area (Å²) in [5.41, 5.74) is 2.40. The molecule has 1 aromatic carbocycles. The Balaban J connectivity index is 2.13. The molecule has 1 fully saturated rings. The summed E-state index contributed by atoms with van der Waals surface area (Å²) < 4.78 is 10.5. The number of hydrogen-bond acceptors (Lipinski definition) is 3. The van der Waals surface area contributed by atoms with Gasteiger partial charge in [-0.25, -0.2) is 0 Å². The summed E-state index contributed by atoms with van der Waals surface area (Å²) in [6.45, 7) is 2.80. The second-order valence-electron chi connectivity index (χ2n) is 4.67. The van der Waals surface area contributed by atoms with Crippen LogP contribution in [0, 0.1) is 0 Å². The van der Waals surface area contributed by atoms with Crippen molar-refractivity contribution in [2.75, 3.05) is 14.2 Å². The zero-order valence-electron chi connectivity index (χ0n) is 10.8. The number of hydrogen-bond donors (Lipinski definition) is 1. The van der Waals surface area contributed by atoms with E-state index in [-0.39, 0.29) is 0 Å². The van der Waals surface area contributed by atoms with Crippen LogP contribution < -0.4 is 10.1 Å². The molecule has 0 amide bonds. The summed E-state index contributed by atoms with van der Waals surface area (Å²) in [6.07, 6.45) is 2.62. The molecule has 0 heterocycles. The fraction of sp³-hybridized carbons (Fsp3) is 0.571. The van der Waals surface area contributed by atoms with Crippen molar-refractivity contribution in [1.82, 2.24) is 5.32 Å². The molecule has 0 aromatic heterocycles. The molecular weight excluding hydrogens is 214 g/mol. The van der Waals surface area contributed by atoms with Crippen molar-refractivity contribution >= 4 is 0 Å². The van der Waals surface area contributed by atoms with Crippen molar-refractivity contribution in [2.45, 2.75) is 38.5 Å². The second-order valence-corrected chi connectivity index (χ2v) is 4.67. The number of methoxy groups -OCH3 is 2. The minimum atomic E-state index is 0.393. The molecule has 1 unspecified atom stereocenters. The Kier molecular flexibility index (Phi) is 4.02. The molecule has 3 nitrogen and oxygen atoms in total. The number of benzene rings is 1. The smallest absolute Gasteiger partial charge is 0.124 e. The van der Waals surface area contributed by atoms with Gasteiger partial charge < -0.3 is 14.8 Å². The Morgan fingerprint density at radius 2 is 2.12 bits per heavy atom. The lowest BCUT2D eigenvalue weighted by Gasteiger charge is -2.16. The third-order valence-corrected chi connectivity index (χ3v) is 3.17. The third-order valence-electron chi connectivity index (χ3n) is 3.17. The van der Waals surface area contributed by atoms with Gasteiger partial charge in [-0.3, -0.25) is 0 Å². The van der Waals surface area contributed by atoms with Gasteiger partial charge in [0.25, 0.3) is 0 Å². The SMILES string of the molecule is COCc1cc(C(C)NC2CC2)ccc1OC. The quantitative estimate of drug-likeness (QED) is 0.822. The van der Waals surface area contributed by atoms with Gasteiger partial charge in [0, 0.05) is 24.8 Å². The maximum absolute atomic E-state index is 5.33. The molecule has 1 saturated carbocycles. The first-order valence-corrected chi connectivity index (χ1v) is 6.16. The van der Waals surface area contributed by atoms with Crippen LogP contribution in [0.2, 0.25) is 0 Å². The molecule has 0 aliphatic heterocycles. The average Bonchev–Trinajstić information content (AvgIpc) is 3.13. The minimum absolute atomic E-state index is 0.393. The Morgan fingerprint density at radius 3 is 2.71 bits per heavy atom. The second kappa shape index (κ2) is 5.52. The molecule has 17 heavy (non-hydrogen) atoms. The maximum Gasteiger partial charge on any atom is 0.124 e. The first kappa shape index (κ1) is 12.4. The standard InChI is InChI=1S/C14H21NO2/c1-10(15-13-5-6-13)11-4-7-14(17-3)12(8-11)9-16-2/h4,7-8,10,13,15H,5-6,9H2,1-3H3. The van der Waals surface area contributed by atoms with E-state index in [1.165, 1.54) is 18.4 Å². The van der Waals surface area contributed by atoms with Crippen LogP contribution in [-0.2, 0) is 11.3 Å².